The number of benzene rings is 1. The van der Waals surface area contributed by atoms with E-state index in [1.165, 1.54) is 0 Å². The molecule has 0 heterocycles. The first-order valence-electron chi connectivity index (χ1n) is 5.88. The van der Waals surface area contributed by atoms with Crippen LogP contribution in [0.15, 0.2) is 53.8 Å². The van der Waals surface area contributed by atoms with E-state index in [1.807, 2.05) is 30.3 Å². The molecule has 0 aromatic heterocycles. The maximum absolute atomic E-state index is 10.7. The molecule has 0 saturated heterocycles. The van der Waals surface area contributed by atoms with Gasteiger partial charge < -0.3 is 15.2 Å². The van der Waals surface area contributed by atoms with Crippen LogP contribution in [-0.4, -0.2) is 19.5 Å². The van der Waals surface area contributed by atoms with Gasteiger partial charge in [0.05, 0.1) is 6.61 Å². The third kappa shape index (κ3) is 3.30. The summed E-state index contributed by atoms with van der Waals surface area (Å²) in [6.45, 7) is 0.424. The summed E-state index contributed by atoms with van der Waals surface area (Å²) in [6.07, 6.45) is 5.17. The first-order valence-corrected chi connectivity index (χ1v) is 5.88. The fraction of sp³-hybridized carbons (Fsp3) is 0.200. The lowest BCUT2D eigenvalue weighted by molar-refractivity contribution is 0.0453. The summed E-state index contributed by atoms with van der Waals surface area (Å²) in [7, 11) is 1.55. The molecule has 0 aliphatic heterocycles. The molecule has 2 rings (SSSR count). The number of hydrogen-bond donors (Lipinski definition) is 1. The van der Waals surface area contributed by atoms with E-state index in [-0.39, 0.29) is 0 Å². The minimum Gasteiger partial charge on any atom is -0.398 e. The number of nitrogens with two attached hydrogens (primary N) is 1. The fourth-order valence-electron chi connectivity index (χ4n) is 1.78. The molecule has 19 heavy (non-hydrogen) atoms. The Hall–Kier alpha value is -1.91. The van der Waals surface area contributed by atoms with Crippen LogP contribution in [0.4, 0.5) is 0 Å². The monoisotopic (exact) mass is 257 g/mol. The number of methoxy groups -OCH3 is 1. The second kappa shape index (κ2) is 6.31. The molecule has 2 N–H and O–H groups in total. The van der Waals surface area contributed by atoms with Crippen molar-refractivity contribution in [3.05, 3.63) is 65.4 Å². The van der Waals surface area contributed by atoms with E-state index in [1.54, 1.807) is 25.5 Å². The first kappa shape index (κ1) is 13.5. The third-order valence-electron chi connectivity index (χ3n) is 2.82. The number of allylic oxidation sites excluding steroid dienone is 1. The molecule has 0 bridgehead atoms. The average molecular weight is 257 g/mol. The minimum atomic E-state index is -0.410. The van der Waals surface area contributed by atoms with Crippen molar-refractivity contribution in [2.75, 3.05) is 7.11 Å². The molecule has 0 spiro atoms. The molecule has 1 unspecified atom stereocenters. The largest absolute Gasteiger partial charge is 0.398 e. The Morgan fingerprint density at radius 1 is 1.32 bits per heavy atom. The van der Waals surface area contributed by atoms with Gasteiger partial charge in [0.1, 0.15) is 6.10 Å². The van der Waals surface area contributed by atoms with Crippen LogP contribution in [0.3, 0.4) is 0 Å². The van der Waals surface area contributed by atoms with Crippen molar-refractivity contribution in [1.82, 2.24) is 0 Å². The van der Waals surface area contributed by atoms with Crippen molar-refractivity contribution >= 4 is 6.29 Å². The number of rotatable bonds is 5. The lowest BCUT2D eigenvalue weighted by Crippen LogP contribution is -2.26. The van der Waals surface area contributed by atoms with E-state index < -0.39 is 6.10 Å². The topological polar surface area (TPSA) is 61.5 Å². The molecule has 1 aliphatic carbocycles. The minimum absolute atomic E-state index is 0.305. The molecular formula is C15H15NO3. The normalized spacial score (nSPS) is 19.7. The summed E-state index contributed by atoms with van der Waals surface area (Å²) in [5.74, 6) is 0. The predicted molar refractivity (Wildman–Crippen MR) is 71.3 cm³/mol. The van der Waals surface area contributed by atoms with E-state index in [2.05, 4.69) is 0 Å². The summed E-state index contributed by atoms with van der Waals surface area (Å²) in [5.41, 5.74) is 7.43. The van der Waals surface area contributed by atoms with Crippen molar-refractivity contribution in [1.29, 1.82) is 0 Å². The highest BCUT2D eigenvalue weighted by Gasteiger charge is 2.25. The van der Waals surface area contributed by atoms with Crippen molar-refractivity contribution < 1.29 is 14.3 Å². The van der Waals surface area contributed by atoms with Crippen LogP contribution in [0.1, 0.15) is 5.56 Å². The smallest absolute Gasteiger partial charge is 0.235 e. The zero-order valence-electron chi connectivity index (χ0n) is 10.6. The molecule has 1 aromatic carbocycles. The molecule has 98 valence electrons. The maximum Gasteiger partial charge on any atom is 0.235 e. The predicted octanol–water partition coefficient (Wildman–Crippen LogP) is 1.64. The van der Waals surface area contributed by atoms with E-state index in [4.69, 9.17) is 15.2 Å². The summed E-state index contributed by atoms with van der Waals surface area (Å²) < 4.78 is 11.0. The van der Waals surface area contributed by atoms with Gasteiger partial charge in [-0.1, -0.05) is 30.3 Å². The van der Waals surface area contributed by atoms with E-state index in [9.17, 15) is 4.79 Å². The third-order valence-corrected chi connectivity index (χ3v) is 2.82. The molecule has 0 fully saturated rings. The highest BCUT2D eigenvalue weighted by molar-refractivity contribution is 5.81. The first-order chi connectivity index (χ1) is 9.24. The van der Waals surface area contributed by atoms with Crippen LogP contribution in [-0.2, 0) is 20.9 Å². The van der Waals surface area contributed by atoms with Crippen LogP contribution in [0.2, 0.25) is 0 Å². The second-order valence-electron chi connectivity index (χ2n) is 4.12. The number of ether oxygens (including phenoxy) is 2. The van der Waals surface area contributed by atoms with Crippen LogP contribution in [0.25, 0.3) is 0 Å². The molecule has 0 saturated carbocycles. The zero-order valence-corrected chi connectivity index (χ0v) is 10.6. The van der Waals surface area contributed by atoms with Gasteiger partial charge in [0.25, 0.3) is 0 Å². The Labute approximate surface area is 112 Å². The average Bonchev–Trinajstić information content (AvgIpc) is 2.46. The fourth-order valence-corrected chi connectivity index (χ4v) is 1.78. The Kier molecular flexibility index (Phi) is 4.49. The Bertz CT molecular complexity index is 493. The standard InChI is InChI=1S/C15H15NO3/c1-18-14-7-12(9-17)13(16)8-15(14)19-10-11-5-3-2-4-6-11/h2-8,14H,10,16H2,1H3. The van der Waals surface area contributed by atoms with Crippen LogP contribution in [0, 0.1) is 6.10 Å². The van der Waals surface area contributed by atoms with Crippen molar-refractivity contribution in [3.8, 4) is 0 Å². The SMILES string of the molecule is COC1C=C([C]=O)C(N)=C[C]1OCc1ccccc1. The van der Waals surface area contributed by atoms with E-state index in [0.717, 1.165) is 5.56 Å². The van der Waals surface area contributed by atoms with Gasteiger partial charge in [-0.15, -0.1) is 0 Å². The van der Waals surface area contributed by atoms with Crippen molar-refractivity contribution in [2.45, 2.75) is 12.7 Å². The second-order valence-corrected chi connectivity index (χ2v) is 4.12. The summed E-state index contributed by atoms with van der Waals surface area (Å²) in [6, 6.07) is 9.78. The Morgan fingerprint density at radius 3 is 2.68 bits per heavy atom. The van der Waals surface area contributed by atoms with E-state index in [0.29, 0.717) is 24.0 Å². The molecular weight excluding hydrogens is 242 g/mol. The van der Waals surface area contributed by atoms with Crippen LogP contribution < -0.4 is 5.73 Å². The lowest BCUT2D eigenvalue weighted by Gasteiger charge is -2.24. The van der Waals surface area contributed by atoms with Gasteiger partial charge in [0.2, 0.25) is 6.29 Å². The lowest BCUT2D eigenvalue weighted by atomic mass is 10.00. The highest BCUT2D eigenvalue weighted by Crippen LogP contribution is 2.25. The van der Waals surface area contributed by atoms with Gasteiger partial charge in [-0.3, -0.25) is 4.79 Å². The van der Waals surface area contributed by atoms with Crippen molar-refractivity contribution in [3.63, 3.8) is 0 Å². The molecule has 4 nitrogen and oxygen atoms in total. The summed E-state index contributed by atoms with van der Waals surface area (Å²) >= 11 is 0. The Balaban J connectivity index is 2.04. The molecule has 4 heteroatoms. The summed E-state index contributed by atoms with van der Waals surface area (Å²) in [4.78, 5) is 10.7. The van der Waals surface area contributed by atoms with Gasteiger partial charge >= 0.3 is 0 Å². The van der Waals surface area contributed by atoms with Gasteiger partial charge in [-0.25, -0.2) is 0 Å². The highest BCUT2D eigenvalue weighted by atomic mass is 16.5. The van der Waals surface area contributed by atoms with Crippen molar-refractivity contribution in [2.24, 2.45) is 5.73 Å². The molecule has 1 atom stereocenters. The number of carbonyl (C=O) groups excluding carboxylic acids is 1. The quantitative estimate of drug-likeness (QED) is 0.871. The van der Waals surface area contributed by atoms with Crippen LogP contribution >= 0.6 is 0 Å². The number of hydrogen-bond acceptors (Lipinski definition) is 4. The van der Waals surface area contributed by atoms with Gasteiger partial charge in [-0.2, -0.15) is 0 Å². The summed E-state index contributed by atoms with van der Waals surface area (Å²) in [5, 5.41) is 0. The Morgan fingerprint density at radius 2 is 2.05 bits per heavy atom. The molecule has 0 amide bonds. The molecule has 2 radical (unpaired) electrons. The zero-order chi connectivity index (χ0) is 13.7. The van der Waals surface area contributed by atoms with E-state index >= 15 is 0 Å². The molecule has 1 aromatic rings. The van der Waals surface area contributed by atoms with Gasteiger partial charge in [-0.05, 0) is 17.7 Å². The maximum atomic E-state index is 10.7. The van der Waals surface area contributed by atoms with Gasteiger partial charge in [0, 0.05) is 18.4 Å². The molecule has 1 aliphatic rings. The van der Waals surface area contributed by atoms with Crippen LogP contribution in [0.5, 0.6) is 0 Å². The van der Waals surface area contributed by atoms with Gasteiger partial charge in [0.15, 0.2) is 6.10 Å².